The number of nitrogens with zero attached hydrogens (tertiary/aromatic N) is 1. The van der Waals surface area contributed by atoms with E-state index in [0.29, 0.717) is 12.1 Å². The molecular weight excluding hydrogens is 324 g/mol. The number of hydrogen-bond acceptors (Lipinski definition) is 2. The Balaban J connectivity index is 2.15. The van der Waals surface area contributed by atoms with E-state index in [2.05, 4.69) is 72.0 Å². The molecule has 2 rings (SSSR count). The van der Waals surface area contributed by atoms with E-state index in [1.54, 1.807) is 0 Å². The van der Waals surface area contributed by atoms with Gasteiger partial charge in [-0.3, -0.25) is 0 Å². The first-order valence-corrected chi connectivity index (χ1v) is 9.13. The van der Waals surface area contributed by atoms with Gasteiger partial charge in [-0.05, 0) is 56.3 Å². The Bertz CT molecular complexity index is 459. The summed E-state index contributed by atoms with van der Waals surface area (Å²) in [6.45, 7) is 11.4. The fourth-order valence-electron chi connectivity index (χ4n) is 3.32. The number of hydrogen-bond donors (Lipinski definition) is 1. The van der Waals surface area contributed by atoms with Crippen molar-refractivity contribution in [2.45, 2.75) is 59.0 Å². The van der Waals surface area contributed by atoms with E-state index in [1.165, 1.54) is 41.5 Å². The lowest BCUT2D eigenvalue weighted by atomic mass is 10.0. The van der Waals surface area contributed by atoms with Crippen LogP contribution in [0.4, 0.5) is 5.69 Å². The lowest BCUT2D eigenvalue weighted by Gasteiger charge is -2.30. The van der Waals surface area contributed by atoms with E-state index in [0.717, 1.165) is 12.5 Å². The fourth-order valence-corrected chi connectivity index (χ4v) is 4.03. The van der Waals surface area contributed by atoms with Crippen LogP contribution in [0.2, 0.25) is 0 Å². The van der Waals surface area contributed by atoms with E-state index < -0.39 is 0 Å². The van der Waals surface area contributed by atoms with E-state index >= 15 is 0 Å². The number of rotatable bonds is 6. The van der Waals surface area contributed by atoms with Gasteiger partial charge in [0, 0.05) is 28.8 Å². The van der Waals surface area contributed by atoms with Crippen molar-refractivity contribution >= 4 is 21.6 Å². The van der Waals surface area contributed by atoms with Crippen LogP contribution in [0.1, 0.15) is 58.6 Å². The molecule has 1 N–H and O–H groups in total. The molecule has 2 nitrogen and oxygen atoms in total. The second-order valence-electron chi connectivity index (χ2n) is 6.53. The third-order valence-corrected chi connectivity index (χ3v) is 5.24. The highest BCUT2D eigenvalue weighted by atomic mass is 79.9. The maximum absolute atomic E-state index is 3.78. The van der Waals surface area contributed by atoms with Crippen molar-refractivity contribution < 1.29 is 0 Å². The molecule has 0 aliphatic carbocycles. The lowest BCUT2D eigenvalue weighted by Crippen LogP contribution is -2.33. The summed E-state index contributed by atoms with van der Waals surface area (Å²) in [6.07, 6.45) is 3.81. The third-order valence-electron chi connectivity index (χ3n) is 4.55. The van der Waals surface area contributed by atoms with Crippen molar-refractivity contribution in [3.63, 3.8) is 0 Å². The Morgan fingerprint density at radius 1 is 1.33 bits per heavy atom. The minimum atomic E-state index is 0.396. The monoisotopic (exact) mass is 352 g/mol. The van der Waals surface area contributed by atoms with Crippen LogP contribution in [-0.2, 0) is 0 Å². The summed E-state index contributed by atoms with van der Waals surface area (Å²) in [5.41, 5.74) is 2.72. The van der Waals surface area contributed by atoms with Gasteiger partial charge in [-0.15, -0.1) is 0 Å². The molecule has 1 heterocycles. The van der Waals surface area contributed by atoms with Gasteiger partial charge in [0.25, 0.3) is 0 Å². The number of halogens is 1. The molecule has 118 valence electrons. The second kappa shape index (κ2) is 7.64. The molecule has 1 fully saturated rings. The normalized spacial score (nSPS) is 20.3. The van der Waals surface area contributed by atoms with Crippen LogP contribution in [-0.4, -0.2) is 19.1 Å². The van der Waals surface area contributed by atoms with Crippen molar-refractivity contribution in [3.8, 4) is 0 Å². The number of anilines is 1. The standard InChI is InChI=1S/C18H29BrN2/c1-5-10-20-14(4)16-9-8-15(12-17(16)19)21-11-6-7-18(21)13(2)3/h8-9,12-14,18,20H,5-7,10-11H2,1-4H3. The first kappa shape index (κ1) is 16.8. The van der Waals surface area contributed by atoms with Gasteiger partial charge < -0.3 is 10.2 Å². The van der Waals surface area contributed by atoms with Gasteiger partial charge in [-0.25, -0.2) is 0 Å². The van der Waals surface area contributed by atoms with Crippen molar-refractivity contribution in [2.75, 3.05) is 18.0 Å². The number of benzene rings is 1. The fraction of sp³-hybridized carbons (Fsp3) is 0.667. The predicted molar refractivity (Wildman–Crippen MR) is 96.1 cm³/mol. The van der Waals surface area contributed by atoms with Crippen LogP contribution in [0.25, 0.3) is 0 Å². The molecule has 0 saturated carbocycles. The van der Waals surface area contributed by atoms with Gasteiger partial charge in [0.2, 0.25) is 0 Å². The molecule has 2 unspecified atom stereocenters. The molecule has 2 atom stereocenters. The molecule has 1 aliphatic rings. The van der Waals surface area contributed by atoms with E-state index in [9.17, 15) is 0 Å². The summed E-state index contributed by atoms with van der Waals surface area (Å²) in [5.74, 6) is 0.719. The highest BCUT2D eigenvalue weighted by Crippen LogP contribution is 2.33. The average Bonchev–Trinajstić information content (AvgIpc) is 2.94. The summed E-state index contributed by atoms with van der Waals surface area (Å²) < 4.78 is 1.23. The van der Waals surface area contributed by atoms with E-state index in [-0.39, 0.29) is 0 Å². The maximum atomic E-state index is 3.78. The summed E-state index contributed by atoms with van der Waals surface area (Å²) in [5, 5.41) is 3.56. The van der Waals surface area contributed by atoms with Crippen molar-refractivity contribution in [1.82, 2.24) is 5.32 Å². The van der Waals surface area contributed by atoms with Gasteiger partial charge in [-0.1, -0.05) is 42.8 Å². The zero-order valence-electron chi connectivity index (χ0n) is 13.8. The van der Waals surface area contributed by atoms with Crippen molar-refractivity contribution in [3.05, 3.63) is 28.2 Å². The zero-order chi connectivity index (χ0) is 15.4. The maximum Gasteiger partial charge on any atom is 0.0380 e. The van der Waals surface area contributed by atoms with Gasteiger partial charge in [0.1, 0.15) is 0 Å². The molecule has 1 aromatic carbocycles. The minimum absolute atomic E-state index is 0.396. The van der Waals surface area contributed by atoms with Crippen LogP contribution in [0, 0.1) is 5.92 Å². The molecule has 0 aromatic heterocycles. The van der Waals surface area contributed by atoms with Gasteiger partial charge in [-0.2, -0.15) is 0 Å². The Morgan fingerprint density at radius 3 is 2.71 bits per heavy atom. The SMILES string of the molecule is CCCNC(C)c1ccc(N2CCCC2C(C)C)cc1Br. The topological polar surface area (TPSA) is 15.3 Å². The third kappa shape index (κ3) is 4.01. The molecule has 1 saturated heterocycles. The van der Waals surface area contributed by atoms with Crippen molar-refractivity contribution in [1.29, 1.82) is 0 Å². The molecule has 0 spiro atoms. The van der Waals surface area contributed by atoms with E-state index in [4.69, 9.17) is 0 Å². The van der Waals surface area contributed by atoms with Gasteiger partial charge in [0.05, 0.1) is 0 Å². The smallest absolute Gasteiger partial charge is 0.0380 e. The quantitative estimate of drug-likeness (QED) is 0.762. The number of nitrogens with one attached hydrogen (secondary N) is 1. The van der Waals surface area contributed by atoms with Gasteiger partial charge in [0.15, 0.2) is 0 Å². The molecule has 1 aromatic rings. The minimum Gasteiger partial charge on any atom is -0.368 e. The average molecular weight is 353 g/mol. The lowest BCUT2D eigenvalue weighted by molar-refractivity contribution is 0.492. The molecule has 0 amide bonds. The molecule has 0 bridgehead atoms. The van der Waals surface area contributed by atoms with Crippen LogP contribution >= 0.6 is 15.9 Å². The molecule has 0 radical (unpaired) electrons. The largest absolute Gasteiger partial charge is 0.368 e. The van der Waals surface area contributed by atoms with Crippen molar-refractivity contribution in [2.24, 2.45) is 5.92 Å². The first-order valence-electron chi connectivity index (χ1n) is 8.34. The Kier molecular flexibility index (Phi) is 6.12. The van der Waals surface area contributed by atoms with Crippen LogP contribution in [0.3, 0.4) is 0 Å². The molecular formula is C18H29BrN2. The van der Waals surface area contributed by atoms with Crippen LogP contribution in [0.5, 0.6) is 0 Å². The van der Waals surface area contributed by atoms with E-state index in [1.807, 2.05) is 0 Å². The predicted octanol–water partition coefficient (Wildman–Crippen LogP) is 5.13. The van der Waals surface area contributed by atoms with Gasteiger partial charge >= 0.3 is 0 Å². The molecule has 21 heavy (non-hydrogen) atoms. The summed E-state index contributed by atoms with van der Waals surface area (Å²) in [7, 11) is 0. The van der Waals surface area contributed by atoms with Crippen LogP contribution in [0.15, 0.2) is 22.7 Å². The summed E-state index contributed by atoms with van der Waals surface area (Å²) in [6, 6.07) is 7.97. The molecule has 3 heteroatoms. The summed E-state index contributed by atoms with van der Waals surface area (Å²) in [4.78, 5) is 2.59. The molecule has 1 aliphatic heterocycles. The Labute approximate surface area is 138 Å². The Morgan fingerprint density at radius 2 is 2.10 bits per heavy atom. The summed E-state index contributed by atoms with van der Waals surface area (Å²) >= 11 is 3.78. The second-order valence-corrected chi connectivity index (χ2v) is 7.38. The van der Waals surface area contributed by atoms with Crippen LogP contribution < -0.4 is 10.2 Å². The Hall–Kier alpha value is -0.540. The zero-order valence-corrected chi connectivity index (χ0v) is 15.4. The highest BCUT2D eigenvalue weighted by molar-refractivity contribution is 9.10. The highest BCUT2D eigenvalue weighted by Gasteiger charge is 2.27. The first-order chi connectivity index (χ1) is 10.0.